The molecular formula is C29H27N5O5S2. The smallest absolute Gasteiger partial charge is 0.262 e. The fourth-order valence-corrected chi connectivity index (χ4v) is 5.78. The van der Waals surface area contributed by atoms with Gasteiger partial charge in [-0.2, -0.15) is 0 Å². The van der Waals surface area contributed by atoms with Crippen LogP contribution in [0.25, 0.3) is 21.1 Å². The monoisotopic (exact) mass is 589 g/mol. The maximum Gasteiger partial charge on any atom is 0.262 e. The lowest BCUT2D eigenvalue weighted by Gasteiger charge is -2.14. The van der Waals surface area contributed by atoms with Crippen LogP contribution < -0.4 is 35.3 Å². The van der Waals surface area contributed by atoms with Crippen molar-refractivity contribution >= 4 is 50.9 Å². The summed E-state index contributed by atoms with van der Waals surface area (Å²) in [5.74, 6) is 2.28. The Morgan fingerprint density at radius 3 is 2.37 bits per heavy atom. The van der Waals surface area contributed by atoms with Crippen LogP contribution in [0.2, 0.25) is 0 Å². The molecule has 0 aliphatic carbocycles. The molecule has 0 bridgehead atoms. The average Bonchev–Trinajstić information content (AvgIpc) is 3.62. The van der Waals surface area contributed by atoms with Gasteiger partial charge >= 0.3 is 0 Å². The normalized spacial score (nSPS) is 10.6. The number of hydrogen-bond acceptors (Lipinski definition) is 11. The van der Waals surface area contributed by atoms with Crippen molar-refractivity contribution in [1.29, 1.82) is 0 Å². The van der Waals surface area contributed by atoms with Crippen LogP contribution in [0.1, 0.15) is 0 Å². The molecule has 0 aliphatic rings. The molecule has 3 aromatic carbocycles. The summed E-state index contributed by atoms with van der Waals surface area (Å²) in [5.41, 5.74) is 9.24. The van der Waals surface area contributed by atoms with Gasteiger partial charge in [-0.05, 0) is 24.3 Å². The minimum atomic E-state index is -0.255. The summed E-state index contributed by atoms with van der Waals surface area (Å²) in [6, 6.07) is 20.3. The largest absolute Gasteiger partial charge is 0.493 e. The van der Waals surface area contributed by atoms with E-state index in [1.165, 1.54) is 22.7 Å². The highest BCUT2D eigenvalue weighted by Gasteiger charge is 2.18. The number of hydrogen-bond donors (Lipinski definition) is 3. The quantitative estimate of drug-likeness (QED) is 0.162. The molecule has 4 N–H and O–H groups in total. The van der Waals surface area contributed by atoms with Crippen molar-refractivity contribution in [2.24, 2.45) is 0 Å². The van der Waals surface area contributed by atoms with Crippen molar-refractivity contribution in [3.05, 3.63) is 72.1 Å². The molecule has 5 rings (SSSR count). The summed E-state index contributed by atoms with van der Waals surface area (Å²) in [6.45, 7) is -0.0911. The molecule has 210 valence electrons. The number of carbonyl (C=O) groups excluding carboxylic acids is 1. The first kappa shape index (κ1) is 27.7. The third-order valence-corrected chi connectivity index (χ3v) is 7.81. The number of nitrogen functional groups attached to an aromatic ring is 1. The predicted molar refractivity (Wildman–Crippen MR) is 163 cm³/mol. The molecule has 1 amide bonds. The van der Waals surface area contributed by atoms with Gasteiger partial charge in [0, 0.05) is 34.5 Å². The van der Waals surface area contributed by atoms with E-state index in [2.05, 4.69) is 15.6 Å². The standard InChI is InChI=1S/C29H27N5O5S2/c1-36-22-13-19(14-23(37-2)25(22)38-3)32-29-34-27(30)26(41-29)28-33-21(16-40-28)17-8-7-9-18(12-17)31-24(35)15-39-20-10-5-4-6-11-20/h4-14,16H,15,30H2,1-3H3,(H,31,35)(H,32,34). The number of nitrogens with two attached hydrogens (primary N) is 1. The van der Waals surface area contributed by atoms with Crippen LogP contribution in [0.4, 0.5) is 22.3 Å². The van der Waals surface area contributed by atoms with Crippen LogP contribution in [0.15, 0.2) is 72.1 Å². The summed E-state index contributed by atoms with van der Waals surface area (Å²) < 4.78 is 21.8. The number of ether oxygens (including phenoxy) is 4. The molecule has 2 aromatic heterocycles. The zero-order valence-corrected chi connectivity index (χ0v) is 24.1. The number of anilines is 4. The van der Waals surface area contributed by atoms with E-state index in [0.29, 0.717) is 45.3 Å². The Morgan fingerprint density at radius 1 is 0.902 bits per heavy atom. The van der Waals surface area contributed by atoms with Crippen LogP contribution in [0.5, 0.6) is 23.0 Å². The van der Waals surface area contributed by atoms with Gasteiger partial charge in [0.15, 0.2) is 23.2 Å². The number of benzene rings is 3. The van der Waals surface area contributed by atoms with Gasteiger partial charge in [-0.25, -0.2) is 9.97 Å². The van der Waals surface area contributed by atoms with E-state index in [1.54, 1.807) is 45.6 Å². The minimum Gasteiger partial charge on any atom is -0.493 e. The van der Waals surface area contributed by atoms with Gasteiger partial charge < -0.3 is 35.3 Å². The molecule has 0 aliphatic heterocycles. The first-order valence-electron chi connectivity index (χ1n) is 12.3. The number of rotatable bonds is 11. The van der Waals surface area contributed by atoms with Crippen LogP contribution >= 0.6 is 22.7 Å². The fraction of sp³-hybridized carbons (Fsp3) is 0.138. The molecular weight excluding hydrogens is 562 g/mol. The first-order chi connectivity index (χ1) is 20.0. The SMILES string of the molecule is COc1cc(Nc2nc(N)c(-c3nc(-c4cccc(NC(=O)COc5ccccc5)c4)cs3)s2)cc(OC)c1OC. The molecule has 41 heavy (non-hydrogen) atoms. The molecule has 2 heterocycles. The highest BCUT2D eigenvalue weighted by atomic mass is 32.1. The Kier molecular flexibility index (Phi) is 8.51. The number of nitrogens with one attached hydrogen (secondary N) is 2. The van der Waals surface area contributed by atoms with Crippen molar-refractivity contribution in [3.8, 4) is 44.1 Å². The van der Waals surface area contributed by atoms with Crippen molar-refractivity contribution in [1.82, 2.24) is 9.97 Å². The van der Waals surface area contributed by atoms with Crippen LogP contribution in [-0.2, 0) is 4.79 Å². The van der Waals surface area contributed by atoms with Gasteiger partial charge in [0.05, 0.1) is 27.0 Å². The van der Waals surface area contributed by atoms with E-state index in [0.717, 1.165) is 21.1 Å². The second-order valence-electron chi connectivity index (χ2n) is 8.54. The maximum absolute atomic E-state index is 12.4. The zero-order chi connectivity index (χ0) is 28.8. The molecule has 0 saturated carbocycles. The number of nitrogens with zero attached hydrogens (tertiary/aromatic N) is 2. The van der Waals surface area contributed by atoms with Gasteiger partial charge in [0.1, 0.15) is 21.5 Å². The van der Waals surface area contributed by atoms with E-state index in [1.807, 2.05) is 47.8 Å². The second kappa shape index (κ2) is 12.6. The lowest BCUT2D eigenvalue weighted by Crippen LogP contribution is -2.20. The van der Waals surface area contributed by atoms with Crippen LogP contribution in [-0.4, -0.2) is 43.8 Å². The van der Waals surface area contributed by atoms with Crippen LogP contribution in [0.3, 0.4) is 0 Å². The van der Waals surface area contributed by atoms with E-state index >= 15 is 0 Å². The molecule has 0 fully saturated rings. The van der Waals surface area contributed by atoms with Gasteiger partial charge in [-0.3, -0.25) is 4.79 Å². The summed E-state index contributed by atoms with van der Waals surface area (Å²) in [7, 11) is 4.67. The van der Waals surface area contributed by atoms with Crippen molar-refractivity contribution in [2.75, 3.05) is 44.3 Å². The third-order valence-electron chi connectivity index (χ3n) is 5.82. The molecule has 0 atom stereocenters. The molecule has 0 saturated heterocycles. The van der Waals surface area contributed by atoms with Gasteiger partial charge in [0.25, 0.3) is 5.91 Å². The summed E-state index contributed by atoms with van der Waals surface area (Å²) >= 11 is 2.85. The van der Waals surface area contributed by atoms with E-state index < -0.39 is 0 Å². The summed E-state index contributed by atoms with van der Waals surface area (Å²) in [4.78, 5) is 22.4. The Labute approximate surface area is 244 Å². The van der Waals surface area contributed by atoms with E-state index in [9.17, 15) is 4.79 Å². The zero-order valence-electron chi connectivity index (χ0n) is 22.5. The molecule has 12 heteroatoms. The van der Waals surface area contributed by atoms with Crippen molar-refractivity contribution < 1.29 is 23.7 Å². The third kappa shape index (κ3) is 6.51. The fourth-order valence-electron chi connectivity index (χ4n) is 3.94. The summed E-state index contributed by atoms with van der Waals surface area (Å²) in [5, 5.41) is 9.40. The number of aromatic nitrogens is 2. The highest BCUT2D eigenvalue weighted by molar-refractivity contribution is 7.23. The Hall–Kier alpha value is -4.81. The lowest BCUT2D eigenvalue weighted by molar-refractivity contribution is -0.118. The molecule has 5 aromatic rings. The Bertz CT molecular complexity index is 1630. The topological polar surface area (TPSA) is 130 Å². The number of carbonyl (C=O) groups is 1. The lowest BCUT2D eigenvalue weighted by atomic mass is 10.1. The highest BCUT2D eigenvalue weighted by Crippen LogP contribution is 2.43. The first-order valence-corrected chi connectivity index (χ1v) is 14.0. The number of methoxy groups -OCH3 is 3. The molecule has 0 unspecified atom stereocenters. The Morgan fingerprint density at radius 2 is 1.66 bits per heavy atom. The van der Waals surface area contributed by atoms with Crippen LogP contribution in [0, 0.1) is 0 Å². The van der Waals surface area contributed by atoms with E-state index in [-0.39, 0.29) is 12.5 Å². The number of thiazole rings is 2. The summed E-state index contributed by atoms with van der Waals surface area (Å²) in [6.07, 6.45) is 0. The maximum atomic E-state index is 12.4. The molecule has 0 spiro atoms. The minimum absolute atomic E-state index is 0.0911. The predicted octanol–water partition coefficient (Wildman–Crippen LogP) is 6.30. The van der Waals surface area contributed by atoms with Crippen molar-refractivity contribution in [3.63, 3.8) is 0 Å². The second-order valence-corrected chi connectivity index (χ2v) is 10.4. The van der Waals surface area contributed by atoms with Gasteiger partial charge in [-0.15, -0.1) is 11.3 Å². The number of amides is 1. The Balaban J connectivity index is 1.29. The van der Waals surface area contributed by atoms with Crippen molar-refractivity contribution in [2.45, 2.75) is 0 Å². The number of para-hydroxylation sites is 1. The van der Waals surface area contributed by atoms with Gasteiger partial charge in [-0.1, -0.05) is 41.7 Å². The van der Waals surface area contributed by atoms with Gasteiger partial charge in [0.2, 0.25) is 5.75 Å². The average molecular weight is 590 g/mol. The van der Waals surface area contributed by atoms with E-state index in [4.69, 9.17) is 29.7 Å². The molecule has 0 radical (unpaired) electrons. The molecule has 10 nitrogen and oxygen atoms in total.